The molecule has 0 bridgehead atoms. The van der Waals surface area contributed by atoms with E-state index in [1.807, 2.05) is 18.2 Å². The van der Waals surface area contributed by atoms with Crippen molar-refractivity contribution in [3.05, 3.63) is 34.3 Å². The van der Waals surface area contributed by atoms with Gasteiger partial charge in [-0.1, -0.05) is 48.0 Å². The van der Waals surface area contributed by atoms with E-state index in [9.17, 15) is 0 Å². The van der Waals surface area contributed by atoms with Gasteiger partial charge in [-0.25, -0.2) is 0 Å². The Kier molecular flexibility index (Phi) is 5.63. The standard InChI is InChI=1S/C13H17BrCl2/c1-10(2)7-13(8-15,9-16)11-5-3-4-6-12(11)14/h3-6,10H,7-9H2,1-2H3. The highest BCUT2D eigenvalue weighted by Gasteiger charge is 2.32. The van der Waals surface area contributed by atoms with Crippen LogP contribution in [-0.2, 0) is 5.41 Å². The summed E-state index contributed by atoms with van der Waals surface area (Å²) < 4.78 is 1.09. The highest BCUT2D eigenvalue weighted by molar-refractivity contribution is 9.10. The van der Waals surface area contributed by atoms with E-state index in [4.69, 9.17) is 23.2 Å². The van der Waals surface area contributed by atoms with Gasteiger partial charge in [0.05, 0.1) is 0 Å². The van der Waals surface area contributed by atoms with Crippen molar-refractivity contribution >= 4 is 39.1 Å². The van der Waals surface area contributed by atoms with Crippen LogP contribution in [0.5, 0.6) is 0 Å². The molecule has 16 heavy (non-hydrogen) atoms. The molecule has 0 saturated heterocycles. The zero-order valence-electron chi connectivity index (χ0n) is 9.64. The van der Waals surface area contributed by atoms with Gasteiger partial charge in [0.1, 0.15) is 0 Å². The van der Waals surface area contributed by atoms with Crippen LogP contribution in [0, 0.1) is 5.92 Å². The molecule has 0 aromatic heterocycles. The predicted octanol–water partition coefficient (Wildman–Crippen LogP) is 5.21. The van der Waals surface area contributed by atoms with Crippen molar-refractivity contribution in [2.45, 2.75) is 25.7 Å². The second kappa shape index (κ2) is 6.28. The topological polar surface area (TPSA) is 0 Å². The molecule has 90 valence electrons. The highest BCUT2D eigenvalue weighted by Crippen LogP contribution is 2.37. The molecule has 3 heteroatoms. The molecule has 0 nitrogen and oxygen atoms in total. The first kappa shape index (κ1) is 14.3. The van der Waals surface area contributed by atoms with E-state index >= 15 is 0 Å². The van der Waals surface area contributed by atoms with E-state index in [0.717, 1.165) is 10.9 Å². The summed E-state index contributed by atoms with van der Waals surface area (Å²) in [6.07, 6.45) is 1.00. The Morgan fingerprint density at radius 2 is 1.75 bits per heavy atom. The van der Waals surface area contributed by atoms with Gasteiger partial charge < -0.3 is 0 Å². The van der Waals surface area contributed by atoms with Crippen molar-refractivity contribution in [3.63, 3.8) is 0 Å². The lowest BCUT2D eigenvalue weighted by atomic mass is 9.77. The molecule has 1 aromatic carbocycles. The fraction of sp³-hybridized carbons (Fsp3) is 0.538. The molecule has 0 amide bonds. The van der Waals surface area contributed by atoms with Crippen molar-refractivity contribution in [2.24, 2.45) is 5.92 Å². The average Bonchev–Trinajstić information content (AvgIpc) is 2.26. The zero-order valence-corrected chi connectivity index (χ0v) is 12.7. The quantitative estimate of drug-likeness (QED) is 0.652. The predicted molar refractivity (Wildman–Crippen MR) is 76.7 cm³/mol. The molecule has 0 fully saturated rings. The van der Waals surface area contributed by atoms with Crippen molar-refractivity contribution in [2.75, 3.05) is 11.8 Å². The third-order valence-electron chi connectivity index (χ3n) is 2.76. The Balaban J connectivity index is 3.15. The van der Waals surface area contributed by atoms with E-state index in [1.54, 1.807) is 0 Å². The third kappa shape index (κ3) is 3.15. The fourth-order valence-electron chi connectivity index (χ4n) is 2.07. The summed E-state index contributed by atoms with van der Waals surface area (Å²) in [6, 6.07) is 8.20. The second-order valence-electron chi connectivity index (χ2n) is 4.63. The van der Waals surface area contributed by atoms with Crippen LogP contribution >= 0.6 is 39.1 Å². The summed E-state index contributed by atoms with van der Waals surface area (Å²) >= 11 is 15.9. The van der Waals surface area contributed by atoms with Crippen molar-refractivity contribution < 1.29 is 0 Å². The molecule has 0 aliphatic rings. The van der Waals surface area contributed by atoms with E-state index in [1.165, 1.54) is 5.56 Å². The molecular weight excluding hydrogens is 307 g/mol. The maximum absolute atomic E-state index is 6.17. The summed E-state index contributed by atoms with van der Waals surface area (Å²) in [4.78, 5) is 0. The van der Waals surface area contributed by atoms with Gasteiger partial charge in [0, 0.05) is 21.6 Å². The van der Waals surface area contributed by atoms with Crippen molar-refractivity contribution in [1.82, 2.24) is 0 Å². The summed E-state index contributed by atoms with van der Waals surface area (Å²) in [6.45, 7) is 4.40. The summed E-state index contributed by atoms with van der Waals surface area (Å²) in [5.41, 5.74) is 1.09. The third-order valence-corrected chi connectivity index (χ3v) is 4.47. The van der Waals surface area contributed by atoms with Gasteiger partial charge in [-0.15, -0.1) is 23.2 Å². The Morgan fingerprint density at radius 1 is 1.19 bits per heavy atom. The lowest BCUT2D eigenvalue weighted by molar-refractivity contribution is 0.407. The summed E-state index contributed by atoms with van der Waals surface area (Å²) in [5, 5.41) is 0. The molecular formula is C13H17BrCl2. The number of alkyl halides is 2. The molecule has 0 saturated carbocycles. The molecule has 0 N–H and O–H groups in total. The largest absolute Gasteiger partial charge is 0.126 e. The molecule has 0 unspecified atom stereocenters. The minimum Gasteiger partial charge on any atom is -0.126 e. The number of hydrogen-bond acceptors (Lipinski definition) is 0. The number of hydrogen-bond donors (Lipinski definition) is 0. The smallest absolute Gasteiger partial charge is 0.0332 e. The summed E-state index contributed by atoms with van der Waals surface area (Å²) in [5.74, 6) is 1.68. The van der Waals surface area contributed by atoms with E-state index in [2.05, 4.69) is 35.8 Å². The van der Waals surface area contributed by atoms with Crippen LogP contribution in [0.2, 0.25) is 0 Å². The molecule has 1 rings (SSSR count). The molecule has 0 aliphatic carbocycles. The van der Waals surface area contributed by atoms with Gasteiger partial charge in [-0.3, -0.25) is 0 Å². The van der Waals surface area contributed by atoms with Crippen LogP contribution in [0.3, 0.4) is 0 Å². The van der Waals surface area contributed by atoms with Crippen LogP contribution < -0.4 is 0 Å². The van der Waals surface area contributed by atoms with Crippen LogP contribution in [0.1, 0.15) is 25.8 Å². The van der Waals surface area contributed by atoms with Gasteiger partial charge in [0.2, 0.25) is 0 Å². The van der Waals surface area contributed by atoms with Gasteiger partial charge in [0.15, 0.2) is 0 Å². The number of halogens is 3. The maximum Gasteiger partial charge on any atom is 0.0332 e. The van der Waals surface area contributed by atoms with E-state index in [-0.39, 0.29) is 5.41 Å². The normalized spacial score (nSPS) is 12.1. The van der Waals surface area contributed by atoms with Crippen LogP contribution in [0.15, 0.2) is 28.7 Å². The van der Waals surface area contributed by atoms with Gasteiger partial charge in [0.25, 0.3) is 0 Å². The van der Waals surface area contributed by atoms with E-state index < -0.39 is 0 Å². The highest BCUT2D eigenvalue weighted by atomic mass is 79.9. The zero-order chi connectivity index (χ0) is 12.2. The average molecular weight is 324 g/mol. The second-order valence-corrected chi connectivity index (χ2v) is 6.01. The molecule has 0 radical (unpaired) electrons. The van der Waals surface area contributed by atoms with E-state index in [0.29, 0.717) is 17.7 Å². The first-order chi connectivity index (χ1) is 7.55. The molecule has 0 heterocycles. The Bertz CT molecular complexity index is 332. The van der Waals surface area contributed by atoms with Crippen LogP contribution in [0.4, 0.5) is 0 Å². The van der Waals surface area contributed by atoms with Gasteiger partial charge in [-0.05, 0) is 24.0 Å². The lowest BCUT2D eigenvalue weighted by Gasteiger charge is -2.33. The van der Waals surface area contributed by atoms with Gasteiger partial charge in [-0.2, -0.15) is 0 Å². The number of benzene rings is 1. The SMILES string of the molecule is CC(C)CC(CCl)(CCl)c1ccccc1Br. The first-order valence-electron chi connectivity index (χ1n) is 5.42. The Morgan fingerprint density at radius 3 is 2.19 bits per heavy atom. The molecule has 0 aliphatic heterocycles. The minimum atomic E-state index is -0.128. The van der Waals surface area contributed by atoms with Crippen molar-refractivity contribution in [3.8, 4) is 0 Å². The maximum atomic E-state index is 6.17. The van der Waals surface area contributed by atoms with Crippen LogP contribution in [0.25, 0.3) is 0 Å². The fourth-order valence-corrected chi connectivity index (χ4v) is 3.57. The number of rotatable bonds is 5. The monoisotopic (exact) mass is 322 g/mol. The van der Waals surface area contributed by atoms with Gasteiger partial charge >= 0.3 is 0 Å². The summed E-state index contributed by atoms with van der Waals surface area (Å²) in [7, 11) is 0. The minimum absolute atomic E-state index is 0.128. The van der Waals surface area contributed by atoms with Crippen molar-refractivity contribution in [1.29, 1.82) is 0 Å². The Labute approximate surface area is 116 Å². The molecule has 0 spiro atoms. The first-order valence-corrected chi connectivity index (χ1v) is 7.29. The van der Waals surface area contributed by atoms with Crippen LogP contribution in [-0.4, -0.2) is 11.8 Å². The lowest BCUT2D eigenvalue weighted by Crippen LogP contribution is -2.32. The molecule has 1 aromatic rings. The molecule has 0 atom stereocenters. The Hall–Kier alpha value is 0.280.